The molecular weight excluding hydrogens is 446 g/mol. The van der Waals surface area contributed by atoms with E-state index in [0.717, 1.165) is 32.0 Å². The third-order valence-electron chi connectivity index (χ3n) is 5.81. The molecule has 2 aliphatic heterocycles. The van der Waals surface area contributed by atoms with Crippen molar-refractivity contribution in [2.75, 3.05) is 38.1 Å². The number of pyridine rings is 1. The molecule has 0 radical (unpaired) electrons. The van der Waals surface area contributed by atoms with Crippen LogP contribution in [0, 0.1) is 18.3 Å². The standard InChI is InChI=1S/C22H23N5O3S2/c1-14-16(11-18-21(29)27(22(31)32-18)13-15-5-4-10-30-15)19(25(3)20(28)17(14)12-23)26-8-6-24(2)7-9-26/h4-5,10-11H,6-9,13H2,1-3H3/b18-11-. The molecule has 4 rings (SSSR count). The number of carbonyl (C=O) groups excluding carboxylic acids is 1. The number of likely N-dealkylation sites (N-methyl/N-ethyl adjacent to an activating group) is 1. The van der Waals surface area contributed by atoms with Crippen molar-refractivity contribution in [1.82, 2.24) is 14.4 Å². The van der Waals surface area contributed by atoms with Gasteiger partial charge in [-0.3, -0.25) is 19.1 Å². The van der Waals surface area contributed by atoms with Crippen molar-refractivity contribution in [3.05, 3.63) is 56.1 Å². The van der Waals surface area contributed by atoms with Crippen LogP contribution in [0.15, 0.2) is 32.5 Å². The molecule has 0 N–H and O–H groups in total. The number of hydrogen-bond donors (Lipinski definition) is 0. The van der Waals surface area contributed by atoms with E-state index in [0.29, 0.717) is 26.1 Å². The summed E-state index contributed by atoms with van der Waals surface area (Å²) in [6.07, 6.45) is 3.33. The number of nitriles is 1. The number of anilines is 1. The van der Waals surface area contributed by atoms with Crippen molar-refractivity contribution in [2.45, 2.75) is 13.5 Å². The average molecular weight is 470 g/mol. The van der Waals surface area contributed by atoms with E-state index in [2.05, 4.69) is 16.8 Å². The monoisotopic (exact) mass is 469 g/mol. The molecule has 0 bridgehead atoms. The summed E-state index contributed by atoms with van der Waals surface area (Å²) in [5.41, 5.74) is 1.02. The van der Waals surface area contributed by atoms with E-state index in [4.69, 9.17) is 16.6 Å². The number of carbonyl (C=O) groups is 1. The molecule has 166 valence electrons. The second kappa shape index (κ2) is 8.94. The lowest BCUT2D eigenvalue weighted by atomic mass is 10.0. The van der Waals surface area contributed by atoms with Crippen LogP contribution in [0.25, 0.3) is 6.08 Å². The van der Waals surface area contributed by atoms with Gasteiger partial charge in [0.2, 0.25) is 0 Å². The van der Waals surface area contributed by atoms with Crippen molar-refractivity contribution < 1.29 is 9.21 Å². The number of nitrogens with zero attached hydrogens (tertiary/aromatic N) is 5. The number of thiocarbonyl (C=S) groups is 1. The van der Waals surface area contributed by atoms with Crippen molar-refractivity contribution in [1.29, 1.82) is 5.26 Å². The average Bonchev–Trinajstić information content (AvgIpc) is 3.38. The van der Waals surface area contributed by atoms with E-state index >= 15 is 0 Å². The van der Waals surface area contributed by atoms with Crippen molar-refractivity contribution in [2.24, 2.45) is 7.05 Å². The summed E-state index contributed by atoms with van der Waals surface area (Å²) in [6.45, 7) is 5.23. The first-order chi connectivity index (χ1) is 15.3. The quantitative estimate of drug-likeness (QED) is 0.498. The van der Waals surface area contributed by atoms with Crippen LogP contribution in [-0.4, -0.2) is 57.8 Å². The summed E-state index contributed by atoms with van der Waals surface area (Å²) in [4.78, 5) is 32.3. The number of amides is 1. The highest BCUT2D eigenvalue weighted by Crippen LogP contribution is 2.36. The van der Waals surface area contributed by atoms with Crippen LogP contribution in [0.2, 0.25) is 0 Å². The second-order valence-electron chi connectivity index (χ2n) is 7.85. The minimum Gasteiger partial charge on any atom is -0.467 e. The Hall–Kier alpha value is -2.87. The fourth-order valence-corrected chi connectivity index (χ4v) is 5.18. The number of piperazine rings is 1. The summed E-state index contributed by atoms with van der Waals surface area (Å²) in [7, 11) is 3.74. The van der Waals surface area contributed by atoms with Gasteiger partial charge in [-0.05, 0) is 37.7 Å². The van der Waals surface area contributed by atoms with Gasteiger partial charge >= 0.3 is 0 Å². The van der Waals surface area contributed by atoms with Crippen LogP contribution in [0.5, 0.6) is 0 Å². The molecule has 10 heteroatoms. The fourth-order valence-electron chi connectivity index (χ4n) is 3.94. The van der Waals surface area contributed by atoms with Gasteiger partial charge in [0.25, 0.3) is 11.5 Å². The van der Waals surface area contributed by atoms with Crippen molar-refractivity contribution >= 4 is 46.1 Å². The molecule has 0 spiro atoms. The maximum Gasteiger partial charge on any atom is 0.270 e. The van der Waals surface area contributed by atoms with Crippen LogP contribution >= 0.6 is 24.0 Å². The molecule has 32 heavy (non-hydrogen) atoms. The van der Waals surface area contributed by atoms with Gasteiger partial charge in [-0.2, -0.15) is 5.26 Å². The molecule has 0 aliphatic carbocycles. The maximum atomic E-state index is 13.1. The van der Waals surface area contributed by atoms with E-state index in [1.54, 1.807) is 38.4 Å². The zero-order chi connectivity index (χ0) is 23.0. The molecule has 2 aliphatic rings. The summed E-state index contributed by atoms with van der Waals surface area (Å²) in [6, 6.07) is 5.60. The Balaban J connectivity index is 1.79. The third-order valence-corrected chi connectivity index (χ3v) is 7.19. The minimum atomic E-state index is -0.332. The van der Waals surface area contributed by atoms with Gasteiger partial charge in [0, 0.05) is 38.8 Å². The number of thioether (sulfide) groups is 1. The van der Waals surface area contributed by atoms with Crippen LogP contribution in [0.3, 0.4) is 0 Å². The summed E-state index contributed by atoms with van der Waals surface area (Å²) in [5.74, 6) is 1.15. The van der Waals surface area contributed by atoms with Gasteiger partial charge < -0.3 is 14.2 Å². The smallest absolute Gasteiger partial charge is 0.270 e. The highest BCUT2D eigenvalue weighted by Gasteiger charge is 2.34. The number of aromatic nitrogens is 1. The molecule has 2 aromatic heterocycles. The molecular formula is C22H23N5O3S2. The van der Waals surface area contributed by atoms with Crippen LogP contribution in [0.1, 0.15) is 22.5 Å². The molecule has 0 unspecified atom stereocenters. The van der Waals surface area contributed by atoms with Crippen molar-refractivity contribution in [3.8, 4) is 6.07 Å². The first-order valence-electron chi connectivity index (χ1n) is 10.2. The maximum absolute atomic E-state index is 13.1. The first-order valence-corrected chi connectivity index (χ1v) is 11.4. The first kappa shape index (κ1) is 22.3. The van der Waals surface area contributed by atoms with Gasteiger partial charge in [0.05, 0.1) is 17.7 Å². The highest BCUT2D eigenvalue weighted by molar-refractivity contribution is 8.26. The summed E-state index contributed by atoms with van der Waals surface area (Å²) < 4.78 is 7.33. The van der Waals surface area contributed by atoms with E-state index in [9.17, 15) is 14.9 Å². The van der Waals surface area contributed by atoms with E-state index in [1.807, 2.05) is 6.07 Å². The normalized spacial score (nSPS) is 18.6. The Morgan fingerprint density at radius 3 is 2.59 bits per heavy atom. The zero-order valence-electron chi connectivity index (χ0n) is 18.1. The van der Waals surface area contributed by atoms with Gasteiger partial charge in [0.1, 0.15) is 27.5 Å². The summed E-state index contributed by atoms with van der Waals surface area (Å²) in [5, 5.41) is 9.61. The number of furan rings is 1. The molecule has 0 saturated carbocycles. The Morgan fingerprint density at radius 1 is 1.25 bits per heavy atom. The highest BCUT2D eigenvalue weighted by atomic mass is 32.2. The molecule has 8 nitrogen and oxygen atoms in total. The fraction of sp³-hybridized carbons (Fsp3) is 0.364. The molecule has 4 heterocycles. The van der Waals surface area contributed by atoms with E-state index in [1.165, 1.54) is 21.2 Å². The lowest BCUT2D eigenvalue weighted by Crippen LogP contribution is -2.46. The Bertz CT molecular complexity index is 1200. The predicted octanol–water partition coefficient (Wildman–Crippen LogP) is 2.31. The molecule has 2 fully saturated rings. The number of hydrogen-bond acceptors (Lipinski definition) is 8. The van der Waals surface area contributed by atoms with Crippen LogP contribution in [-0.2, 0) is 18.4 Å². The minimum absolute atomic E-state index is 0.0858. The zero-order valence-corrected chi connectivity index (χ0v) is 19.8. The van der Waals surface area contributed by atoms with Gasteiger partial charge in [-0.15, -0.1) is 0 Å². The molecule has 2 aromatic rings. The molecule has 0 atom stereocenters. The largest absolute Gasteiger partial charge is 0.467 e. The number of rotatable bonds is 4. The van der Waals surface area contributed by atoms with Gasteiger partial charge in [0.15, 0.2) is 0 Å². The molecule has 0 aromatic carbocycles. The summed E-state index contributed by atoms with van der Waals surface area (Å²) >= 11 is 6.66. The molecule has 1 amide bonds. The van der Waals surface area contributed by atoms with E-state index < -0.39 is 0 Å². The third kappa shape index (κ3) is 3.99. The Labute approximate surface area is 195 Å². The second-order valence-corrected chi connectivity index (χ2v) is 9.53. The lowest BCUT2D eigenvalue weighted by Gasteiger charge is -2.36. The van der Waals surface area contributed by atoms with Gasteiger partial charge in [-0.1, -0.05) is 24.0 Å². The lowest BCUT2D eigenvalue weighted by molar-refractivity contribution is -0.122. The molecule has 2 saturated heterocycles. The van der Waals surface area contributed by atoms with Gasteiger partial charge in [-0.25, -0.2) is 0 Å². The Kier molecular flexibility index (Phi) is 6.24. The van der Waals surface area contributed by atoms with Crippen LogP contribution < -0.4 is 10.5 Å². The predicted molar refractivity (Wildman–Crippen MR) is 128 cm³/mol. The Morgan fingerprint density at radius 2 is 1.97 bits per heavy atom. The topological polar surface area (TPSA) is 85.7 Å². The van der Waals surface area contributed by atoms with Crippen molar-refractivity contribution in [3.63, 3.8) is 0 Å². The van der Waals surface area contributed by atoms with E-state index in [-0.39, 0.29) is 23.6 Å². The van der Waals surface area contributed by atoms with Crippen LogP contribution in [0.4, 0.5) is 5.82 Å². The SMILES string of the molecule is Cc1c(/C=C2\SC(=S)N(Cc3ccco3)C2=O)c(N2CCN(C)CC2)n(C)c(=O)c1C#N.